The lowest BCUT2D eigenvalue weighted by Gasteiger charge is -2.18. The number of hydrazone groups is 1. The van der Waals surface area contributed by atoms with E-state index in [0.29, 0.717) is 17.3 Å². The van der Waals surface area contributed by atoms with Gasteiger partial charge in [0.25, 0.3) is 0 Å². The molecule has 0 spiro atoms. The van der Waals surface area contributed by atoms with Gasteiger partial charge in [0.1, 0.15) is 11.5 Å². The number of anilines is 1. The van der Waals surface area contributed by atoms with Gasteiger partial charge in [0.05, 0.1) is 5.71 Å². The summed E-state index contributed by atoms with van der Waals surface area (Å²) in [5, 5.41) is 4.75. The molecule has 1 N–H and O–H groups in total. The summed E-state index contributed by atoms with van der Waals surface area (Å²) in [7, 11) is 0. The number of halogens is 2. The van der Waals surface area contributed by atoms with Gasteiger partial charge >= 0.3 is 0 Å². The van der Waals surface area contributed by atoms with Crippen molar-refractivity contribution in [1.29, 1.82) is 0 Å². The number of nitrogens with zero attached hydrogens (tertiary/aromatic N) is 3. The summed E-state index contributed by atoms with van der Waals surface area (Å²) in [6.07, 6.45) is 1.50. The second-order valence-corrected chi connectivity index (χ2v) is 7.13. The lowest BCUT2D eigenvalue weighted by Crippen LogP contribution is -2.26. The molecule has 2 aliphatic heterocycles. The molecule has 1 saturated heterocycles. The molecule has 0 unspecified atom stereocenters. The number of carbonyl (C=O) groups excluding carboxylic acids is 1. The number of carbonyl (C=O) groups is 1. The Morgan fingerprint density at radius 1 is 1.15 bits per heavy atom. The molecule has 138 valence electrons. The highest BCUT2D eigenvalue weighted by molar-refractivity contribution is 8.14. The van der Waals surface area contributed by atoms with Crippen LogP contribution in [-0.2, 0) is 4.79 Å². The Hall–Kier alpha value is -2.74. The predicted octanol–water partition coefficient (Wildman–Crippen LogP) is 3.82. The standard InChI is InChI=1S/C19H16F2N4OS/c20-13-5-8-16(15(21)10-13)22-19-24-23-17(11-27-19)12-3-6-14(7-4-12)25-9-1-2-18(25)26/h3-8,10H,1-2,9,11H2,(H,22,24). The largest absolute Gasteiger partial charge is 0.312 e. The molecule has 8 heteroatoms. The van der Waals surface area contributed by atoms with Crippen LogP contribution < -0.4 is 10.3 Å². The Kier molecular flexibility index (Phi) is 4.89. The summed E-state index contributed by atoms with van der Waals surface area (Å²) in [4.78, 5) is 17.7. The summed E-state index contributed by atoms with van der Waals surface area (Å²) >= 11 is 1.39. The summed E-state index contributed by atoms with van der Waals surface area (Å²) < 4.78 is 26.7. The van der Waals surface area contributed by atoms with E-state index in [1.165, 1.54) is 17.8 Å². The number of nitrogens with one attached hydrogen (secondary N) is 1. The van der Waals surface area contributed by atoms with E-state index in [9.17, 15) is 13.6 Å². The van der Waals surface area contributed by atoms with Crippen LogP contribution >= 0.6 is 11.8 Å². The van der Waals surface area contributed by atoms with Crippen molar-refractivity contribution >= 4 is 39.9 Å². The van der Waals surface area contributed by atoms with Crippen LogP contribution in [0.4, 0.5) is 20.2 Å². The molecule has 0 saturated carbocycles. The molecule has 2 aromatic carbocycles. The van der Waals surface area contributed by atoms with Gasteiger partial charge in [-0.3, -0.25) is 10.2 Å². The summed E-state index contributed by atoms with van der Waals surface area (Å²) in [5.74, 6) is -0.632. The second kappa shape index (κ2) is 7.48. The summed E-state index contributed by atoms with van der Waals surface area (Å²) in [6.45, 7) is 0.760. The molecular formula is C19H16F2N4OS. The van der Waals surface area contributed by atoms with Crippen LogP contribution in [0.15, 0.2) is 52.6 Å². The van der Waals surface area contributed by atoms with Crippen LogP contribution in [-0.4, -0.2) is 29.1 Å². The highest BCUT2D eigenvalue weighted by Gasteiger charge is 2.22. The Morgan fingerprint density at radius 3 is 2.59 bits per heavy atom. The predicted molar refractivity (Wildman–Crippen MR) is 104 cm³/mol. The first-order chi connectivity index (χ1) is 13.1. The molecule has 5 nitrogen and oxygen atoms in total. The average molecular weight is 386 g/mol. The fourth-order valence-electron chi connectivity index (χ4n) is 2.96. The number of hydrogen-bond donors (Lipinski definition) is 1. The maximum Gasteiger partial charge on any atom is 0.227 e. The third-order valence-corrected chi connectivity index (χ3v) is 5.22. The van der Waals surface area contributed by atoms with Crippen molar-refractivity contribution in [2.45, 2.75) is 12.8 Å². The van der Waals surface area contributed by atoms with Gasteiger partial charge in [-0.1, -0.05) is 23.9 Å². The number of benzene rings is 2. The SMILES string of the molecule is O=C1CCCN1c1ccc(C2=NNC(=Nc3ccc(F)cc3F)SC2)cc1. The molecule has 0 atom stereocenters. The molecule has 2 aliphatic rings. The first kappa shape index (κ1) is 17.7. The van der Waals surface area contributed by atoms with Gasteiger partial charge in [0, 0.05) is 30.5 Å². The topological polar surface area (TPSA) is 57.1 Å². The van der Waals surface area contributed by atoms with Crippen molar-refractivity contribution in [2.24, 2.45) is 10.1 Å². The van der Waals surface area contributed by atoms with Gasteiger partial charge in [0.2, 0.25) is 5.91 Å². The maximum absolute atomic E-state index is 13.7. The molecule has 0 aromatic heterocycles. The van der Waals surface area contributed by atoms with Gasteiger partial charge in [0.15, 0.2) is 11.0 Å². The molecule has 2 aromatic rings. The lowest BCUT2D eigenvalue weighted by atomic mass is 10.1. The molecular weight excluding hydrogens is 370 g/mol. The van der Waals surface area contributed by atoms with Gasteiger partial charge in [-0.05, 0) is 36.2 Å². The minimum absolute atomic E-state index is 0.0599. The van der Waals surface area contributed by atoms with E-state index in [2.05, 4.69) is 15.5 Å². The molecule has 27 heavy (non-hydrogen) atoms. The van der Waals surface area contributed by atoms with Crippen LogP contribution in [0, 0.1) is 11.6 Å². The average Bonchev–Trinajstić information content (AvgIpc) is 3.11. The maximum atomic E-state index is 13.7. The number of hydrogen-bond acceptors (Lipinski definition) is 4. The normalized spacial score (nSPS) is 18.6. The smallest absolute Gasteiger partial charge is 0.227 e. The first-order valence-corrected chi connectivity index (χ1v) is 9.48. The molecule has 0 radical (unpaired) electrons. The Balaban J connectivity index is 1.47. The van der Waals surface area contributed by atoms with Crippen molar-refractivity contribution in [3.8, 4) is 0 Å². The first-order valence-electron chi connectivity index (χ1n) is 8.50. The van der Waals surface area contributed by atoms with Crippen LogP contribution in [0.1, 0.15) is 18.4 Å². The van der Waals surface area contributed by atoms with E-state index in [1.807, 2.05) is 24.3 Å². The fraction of sp³-hybridized carbons (Fsp3) is 0.211. The van der Waals surface area contributed by atoms with Gasteiger partial charge in [-0.25, -0.2) is 13.8 Å². The van der Waals surface area contributed by atoms with Crippen LogP contribution in [0.3, 0.4) is 0 Å². The third-order valence-electron chi connectivity index (χ3n) is 4.35. The second-order valence-electron chi connectivity index (χ2n) is 6.17. The Bertz CT molecular complexity index is 943. The molecule has 1 fully saturated rings. The van der Waals surface area contributed by atoms with Gasteiger partial charge < -0.3 is 4.90 Å². The van der Waals surface area contributed by atoms with Crippen LogP contribution in [0.5, 0.6) is 0 Å². The van der Waals surface area contributed by atoms with Crippen molar-refractivity contribution in [2.75, 3.05) is 17.2 Å². The minimum Gasteiger partial charge on any atom is -0.312 e. The minimum atomic E-state index is -0.716. The molecule has 1 amide bonds. The fourth-order valence-corrected chi connectivity index (χ4v) is 3.74. The van der Waals surface area contributed by atoms with Crippen molar-refractivity contribution in [3.63, 3.8) is 0 Å². The molecule has 0 bridgehead atoms. The number of amidine groups is 1. The highest BCUT2D eigenvalue weighted by atomic mass is 32.2. The van der Waals surface area contributed by atoms with Crippen molar-refractivity contribution in [3.05, 3.63) is 59.7 Å². The van der Waals surface area contributed by atoms with E-state index >= 15 is 0 Å². The zero-order valence-corrected chi connectivity index (χ0v) is 15.1. The molecule has 2 heterocycles. The zero-order valence-electron chi connectivity index (χ0n) is 14.3. The summed E-state index contributed by atoms with van der Waals surface area (Å²) in [6, 6.07) is 11.0. The summed E-state index contributed by atoms with van der Waals surface area (Å²) in [5.41, 5.74) is 5.54. The number of amides is 1. The Morgan fingerprint density at radius 2 is 1.96 bits per heavy atom. The van der Waals surface area contributed by atoms with E-state index in [1.54, 1.807) is 4.90 Å². The quantitative estimate of drug-likeness (QED) is 0.873. The van der Waals surface area contributed by atoms with E-state index < -0.39 is 11.6 Å². The van der Waals surface area contributed by atoms with Crippen LogP contribution in [0.2, 0.25) is 0 Å². The van der Waals surface area contributed by atoms with Crippen LogP contribution in [0.25, 0.3) is 0 Å². The monoisotopic (exact) mass is 386 g/mol. The van der Waals surface area contributed by atoms with Crippen molar-refractivity contribution in [1.82, 2.24) is 5.43 Å². The number of aliphatic imine (C=N–C) groups is 1. The van der Waals surface area contributed by atoms with E-state index in [4.69, 9.17) is 0 Å². The zero-order chi connectivity index (χ0) is 18.8. The molecule has 0 aliphatic carbocycles. The molecule has 4 rings (SSSR count). The number of rotatable bonds is 3. The lowest BCUT2D eigenvalue weighted by molar-refractivity contribution is -0.117. The third kappa shape index (κ3) is 3.85. The van der Waals surface area contributed by atoms with Gasteiger partial charge in [-0.15, -0.1) is 0 Å². The van der Waals surface area contributed by atoms with Crippen molar-refractivity contribution < 1.29 is 13.6 Å². The van der Waals surface area contributed by atoms with E-state index in [0.717, 1.165) is 42.1 Å². The van der Waals surface area contributed by atoms with E-state index in [-0.39, 0.29) is 11.6 Å². The number of thioether (sulfide) groups is 1. The highest BCUT2D eigenvalue weighted by Crippen LogP contribution is 2.24. The van der Waals surface area contributed by atoms with Gasteiger partial charge in [-0.2, -0.15) is 5.10 Å². The Labute approximate surface area is 159 Å².